The van der Waals surface area contributed by atoms with Crippen LogP contribution in [0, 0.1) is 5.41 Å². The van der Waals surface area contributed by atoms with Crippen molar-refractivity contribution in [3.05, 3.63) is 17.0 Å². The molecule has 1 amide bonds. The summed E-state index contributed by atoms with van der Waals surface area (Å²) >= 11 is 1.22. The number of sulfonamides is 1. The predicted molar refractivity (Wildman–Crippen MR) is 89.3 cm³/mol. The van der Waals surface area contributed by atoms with Gasteiger partial charge in [0.05, 0.1) is 0 Å². The van der Waals surface area contributed by atoms with Crippen molar-refractivity contribution in [1.82, 2.24) is 10.0 Å². The average Bonchev–Trinajstić information content (AvgIpc) is 2.87. The predicted octanol–water partition coefficient (Wildman–Crippen LogP) is 1.08. The number of rotatable bonds is 8. The molecule has 1 aromatic rings. The zero-order valence-corrected chi connectivity index (χ0v) is 14.9. The molecular weight excluding hydrogens is 322 g/mol. The van der Waals surface area contributed by atoms with Gasteiger partial charge < -0.3 is 11.1 Å². The maximum atomic E-state index is 12.0. The Morgan fingerprint density at radius 3 is 2.55 bits per heavy atom. The van der Waals surface area contributed by atoms with Gasteiger partial charge in [0, 0.05) is 23.4 Å². The molecule has 126 valence electrons. The minimum absolute atomic E-state index is 0.0136. The van der Waals surface area contributed by atoms with Crippen LogP contribution in [0.3, 0.4) is 0 Å². The number of nitrogens with one attached hydrogen (secondary N) is 2. The molecule has 0 radical (unpaired) electrons. The number of thiophene rings is 1. The van der Waals surface area contributed by atoms with E-state index in [0.29, 0.717) is 36.7 Å². The fraction of sp³-hybridized carbons (Fsp3) is 0.643. The minimum atomic E-state index is -3.45. The zero-order valence-electron chi connectivity index (χ0n) is 13.3. The highest BCUT2D eigenvalue weighted by atomic mass is 32.2. The molecule has 0 atom stereocenters. The molecule has 22 heavy (non-hydrogen) atoms. The number of nitrogens with two attached hydrogens (primary N) is 1. The normalized spacial score (nSPS) is 12.4. The van der Waals surface area contributed by atoms with Crippen molar-refractivity contribution < 1.29 is 13.2 Å². The third-order valence-electron chi connectivity index (χ3n) is 2.91. The Morgan fingerprint density at radius 1 is 1.27 bits per heavy atom. The molecule has 0 saturated heterocycles. The maximum absolute atomic E-state index is 12.0. The Kier molecular flexibility index (Phi) is 6.98. The minimum Gasteiger partial charge on any atom is -0.355 e. The molecule has 1 rings (SSSR count). The van der Waals surface area contributed by atoms with Crippen LogP contribution in [-0.4, -0.2) is 34.0 Å². The summed E-state index contributed by atoms with van der Waals surface area (Å²) < 4.78 is 26.9. The van der Waals surface area contributed by atoms with E-state index in [1.165, 1.54) is 11.3 Å². The molecule has 0 aliphatic carbocycles. The van der Waals surface area contributed by atoms with Crippen molar-refractivity contribution >= 4 is 27.3 Å². The summed E-state index contributed by atoms with van der Waals surface area (Å²) in [6.07, 6.45) is 1.22. The average molecular weight is 348 g/mol. The number of amides is 1. The van der Waals surface area contributed by atoms with Crippen LogP contribution in [0.25, 0.3) is 0 Å². The maximum Gasteiger partial charge on any atom is 0.250 e. The molecule has 0 fully saturated rings. The third-order valence-corrected chi connectivity index (χ3v) is 6.01. The highest BCUT2D eigenvalue weighted by Crippen LogP contribution is 2.21. The first-order valence-corrected chi connectivity index (χ1v) is 9.53. The number of hydrogen-bond acceptors (Lipinski definition) is 5. The van der Waals surface area contributed by atoms with E-state index in [9.17, 15) is 13.2 Å². The van der Waals surface area contributed by atoms with Crippen molar-refractivity contribution in [3.8, 4) is 0 Å². The lowest BCUT2D eigenvalue weighted by Gasteiger charge is -2.17. The van der Waals surface area contributed by atoms with Crippen LogP contribution in [-0.2, 0) is 21.2 Å². The van der Waals surface area contributed by atoms with Gasteiger partial charge >= 0.3 is 0 Å². The van der Waals surface area contributed by atoms with Crippen LogP contribution in [0.2, 0.25) is 0 Å². The Morgan fingerprint density at radius 2 is 1.95 bits per heavy atom. The smallest absolute Gasteiger partial charge is 0.250 e. The molecule has 0 unspecified atom stereocenters. The van der Waals surface area contributed by atoms with Crippen LogP contribution < -0.4 is 15.8 Å². The monoisotopic (exact) mass is 347 g/mol. The highest BCUT2D eigenvalue weighted by molar-refractivity contribution is 7.91. The molecule has 0 saturated carbocycles. The summed E-state index contributed by atoms with van der Waals surface area (Å²) in [6, 6.07) is 3.38. The zero-order chi connectivity index (χ0) is 16.8. The number of carbonyl (C=O) groups is 1. The second-order valence-corrected chi connectivity index (χ2v) is 9.18. The largest absolute Gasteiger partial charge is 0.355 e. The van der Waals surface area contributed by atoms with Gasteiger partial charge in [-0.1, -0.05) is 20.8 Å². The van der Waals surface area contributed by atoms with E-state index in [4.69, 9.17) is 5.73 Å². The molecule has 8 heteroatoms. The van der Waals surface area contributed by atoms with Gasteiger partial charge in [0.1, 0.15) is 4.21 Å². The summed E-state index contributed by atoms with van der Waals surface area (Å²) in [4.78, 5) is 12.7. The van der Waals surface area contributed by atoms with Crippen LogP contribution in [0.5, 0.6) is 0 Å². The summed E-state index contributed by atoms with van der Waals surface area (Å²) in [7, 11) is -3.45. The summed E-state index contributed by atoms with van der Waals surface area (Å²) in [5.74, 6) is -0.0136. The molecule has 0 bridgehead atoms. The topological polar surface area (TPSA) is 101 Å². The summed E-state index contributed by atoms with van der Waals surface area (Å²) in [5, 5.41) is 2.85. The van der Waals surface area contributed by atoms with Gasteiger partial charge in [-0.25, -0.2) is 13.1 Å². The lowest BCUT2D eigenvalue weighted by molar-refractivity contribution is -0.128. The van der Waals surface area contributed by atoms with Gasteiger partial charge in [-0.15, -0.1) is 11.3 Å². The Labute approximate surface area is 136 Å². The molecule has 0 aliphatic heterocycles. The molecule has 0 spiro atoms. The highest BCUT2D eigenvalue weighted by Gasteiger charge is 2.20. The van der Waals surface area contributed by atoms with E-state index in [2.05, 4.69) is 10.0 Å². The first kappa shape index (κ1) is 19.1. The molecular formula is C14H25N3O3S2. The summed E-state index contributed by atoms with van der Waals surface area (Å²) in [6.45, 7) is 6.84. The Balaban J connectivity index is 2.52. The Hall–Kier alpha value is -0.960. The quantitative estimate of drug-likeness (QED) is 0.612. The van der Waals surface area contributed by atoms with Gasteiger partial charge in [0.15, 0.2) is 0 Å². The molecule has 4 N–H and O–H groups in total. The second kappa shape index (κ2) is 8.05. The summed E-state index contributed by atoms with van der Waals surface area (Å²) in [5.41, 5.74) is 4.92. The van der Waals surface area contributed by atoms with E-state index in [0.717, 1.165) is 4.88 Å². The molecule has 0 aromatic carbocycles. The third kappa shape index (κ3) is 6.04. The standard InChI is InChI=1S/C14H25N3O3S2/c1-14(2,3)13(18)16-10-7-11-5-6-12(21-11)22(19,20)17-9-4-8-15/h5-6,17H,4,7-10,15H2,1-3H3,(H,16,18). The van der Waals surface area contributed by atoms with Gasteiger partial charge in [0.2, 0.25) is 15.9 Å². The van der Waals surface area contributed by atoms with Gasteiger partial charge in [-0.05, 0) is 31.5 Å². The van der Waals surface area contributed by atoms with Crippen molar-refractivity contribution in [2.45, 2.75) is 37.8 Å². The number of hydrogen-bond donors (Lipinski definition) is 3. The first-order valence-electron chi connectivity index (χ1n) is 7.23. The fourth-order valence-corrected chi connectivity index (χ4v) is 4.06. The van der Waals surface area contributed by atoms with Crippen LogP contribution in [0.1, 0.15) is 32.1 Å². The van der Waals surface area contributed by atoms with Crippen molar-refractivity contribution in [2.75, 3.05) is 19.6 Å². The van der Waals surface area contributed by atoms with E-state index >= 15 is 0 Å². The van der Waals surface area contributed by atoms with E-state index in [-0.39, 0.29) is 5.91 Å². The van der Waals surface area contributed by atoms with Gasteiger partial charge in [-0.2, -0.15) is 0 Å². The molecule has 6 nitrogen and oxygen atoms in total. The van der Waals surface area contributed by atoms with E-state index < -0.39 is 15.4 Å². The molecule has 1 heterocycles. The fourth-order valence-electron chi connectivity index (χ4n) is 1.58. The van der Waals surface area contributed by atoms with E-state index in [1.54, 1.807) is 12.1 Å². The lowest BCUT2D eigenvalue weighted by atomic mass is 9.96. The number of carbonyl (C=O) groups excluding carboxylic acids is 1. The van der Waals surface area contributed by atoms with Crippen LogP contribution >= 0.6 is 11.3 Å². The van der Waals surface area contributed by atoms with Crippen LogP contribution in [0.4, 0.5) is 0 Å². The van der Waals surface area contributed by atoms with Crippen molar-refractivity contribution in [1.29, 1.82) is 0 Å². The Bertz CT molecular complexity index is 589. The van der Waals surface area contributed by atoms with E-state index in [1.807, 2.05) is 20.8 Å². The van der Waals surface area contributed by atoms with Crippen molar-refractivity contribution in [3.63, 3.8) is 0 Å². The molecule has 1 aromatic heterocycles. The second-order valence-electron chi connectivity index (χ2n) is 6.02. The first-order chi connectivity index (χ1) is 10.2. The van der Waals surface area contributed by atoms with Gasteiger partial charge in [-0.3, -0.25) is 4.79 Å². The molecule has 0 aliphatic rings. The van der Waals surface area contributed by atoms with Crippen LogP contribution in [0.15, 0.2) is 16.3 Å². The van der Waals surface area contributed by atoms with Crippen molar-refractivity contribution in [2.24, 2.45) is 11.1 Å². The SMILES string of the molecule is CC(C)(C)C(=O)NCCc1ccc(S(=O)(=O)NCCCN)s1. The van der Waals surface area contributed by atoms with Gasteiger partial charge in [0.25, 0.3) is 0 Å². The lowest BCUT2D eigenvalue weighted by Crippen LogP contribution is -2.35.